The molecule has 1 fully saturated rings. The molecule has 6 nitrogen and oxygen atoms in total. The van der Waals surface area contributed by atoms with Gasteiger partial charge in [0.2, 0.25) is 0 Å². The van der Waals surface area contributed by atoms with Crippen molar-refractivity contribution in [2.75, 3.05) is 43.0 Å². The van der Waals surface area contributed by atoms with E-state index < -0.39 is 9.84 Å². The summed E-state index contributed by atoms with van der Waals surface area (Å²) >= 11 is 0. The average Bonchev–Trinajstić information content (AvgIpc) is 2.58. The molecule has 0 saturated carbocycles. The molecule has 1 aliphatic heterocycles. The highest BCUT2D eigenvalue weighted by Crippen LogP contribution is 2.08. The van der Waals surface area contributed by atoms with E-state index in [-0.39, 0.29) is 11.5 Å². The molecule has 0 atom stereocenters. The van der Waals surface area contributed by atoms with Gasteiger partial charge in [-0.3, -0.25) is 4.90 Å². The van der Waals surface area contributed by atoms with Crippen molar-refractivity contribution in [2.45, 2.75) is 6.42 Å². The summed E-state index contributed by atoms with van der Waals surface area (Å²) in [5.41, 5.74) is 1.18. The summed E-state index contributed by atoms with van der Waals surface area (Å²) in [4.78, 5) is 11.0. The SMILES string of the molecule is O=S1(=O)CCN(CCNc2ccnc(Cc3ccccc3)n2)CC1. The van der Waals surface area contributed by atoms with Crippen LogP contribution in [0.2, 0.25) is 0 Å². The molecular weight excluding hydrogens is 324 g/mol. The van der Waals surface area contributed by atoms with E-state index in [1.807, 2.05) is 24.3 Å². The topological polar surface area (TPSA) is 75.2 Å². The van der Waals surface area contributed by atoms with Gasteiger partial charge in [0.15, 0.2) is 9.84 Å². The van der Waals surface area contributed by atoms with E-state index in [4.69, 9.17) is 0 Å². The minimum absolute atomic E-state index is 0.266. The van der Waals surface area contributed by atoms with Crippen LogP contribution in [0.1, 0.15) is 11.4 Å². The molecular formula is C17H22N4O2S. The van der Waals surface area contributed by atoms with Gasteiger partial charge in [0.1, 0.15) is 11.6 Å². The highest BCUT2D eigenvalue weighted by molar-refractivity contribution is 7.91. The Morgan fingerprint density at radius 2 is 1.83 bits per heavy atom. The van der Waals surface area contributed by atoms with Crippen LogP contribution in [0, 0.1) is 0 Å². The van der Waals surface area contributed by atoms with Gasteiger partial charge in [-0.05, 0) is 11.6 Å². The highest BCUT2D eigenvalue weighted by Gasteiger charge is 2.20. The van der Waals surface area contributed by atoms with Crippen molar-refractivity contribution in [1.82, 2.24) is 14.9 Å². The molecule has 0 unspecified atom stereocenters. The molecule has 1 aromatic carbocycles. The van der Waals surface area contributed by atoms with Crippen LogP contribution >= 0.6 is 0 Å². The van der Waals surface area contributed by atoms with Crippen molar-refractivity contribution in [3.05, 3.63) is 54.0 Å². The van der Waals surface area contributed by atoms with Gasteiger partial charge in [-0.1, -0.05) is 30.3 Å². The van der Waals surface area contributed by atoms with Crippen LogP contribution in [0.15, 0.2) is 42.6 Å². The number of hydrogen-bond donors (Lipinski definition) is 1. The number of hydrogen-bond acceptors (Lipinski definition) is 6. The van der Waals surface area contributed by atoms with Gasteiger partial charge in [-0.15, -0.1) is 0 Å². The second-order valence-electron chi connectivity index (χ2n) is 5.94. The normalized spacial score (nSPS) is 17.5. The Morgan fingerprint density at radius 3 is 2.58 bits per heavy atom. The summed E-state index contributed by atoms with van der Waals surface area (Å²) in [7, 11) is -2.81. The fourth-order valence-corrected chi connectivity index (χ4v) is 3.95. The molecule has 128 valence electrons. The Morgan fingerprint density at radius 1 is 1.08 bits per heavy atom. The monoisotopic (exact) mass is 346 g/mol. The lowest BCUT2D eigenvalue weighted by Crippen LogP contribution is -2.42. The van der Waals surface area contributed by atoms with E-state index >= 15 is 0 Å². The number of rotatable bonds is 6. The fourth-order valence-electron chi connectivity index (χ4n) is 2.68. The maximum atomic E-state index is 11.4. The van der Waals surface area contributed by atoms with Crippen molar-refractivity contribution in [2.24, 2.45) is 0 Å². The first-order valence-electron chi connectivity index (χ1n) is 8.13. The van der Waals surface area contributed by atoms with Crippen LogP contribution in [0.5, 0.6) is 0 Å². The quantitative estimate of drug-likeness (QED) is 0.847. The lowest BCUT2D eigenvalue weighted by molar-refractivity contribution is 0.307. The number of nitrogens with one attached hydrogen (secondary N) is 1. The Labute approximate surface area is 142 Å². The predicted molar refractivity (Wildman–Crippen MR) is 94.9 cm³/mol. The molecule has 1 aliphatic rings. The summed E-state index contributed by atoms with van der Waals surface area (Å²) in [5, 5.41) is 3.30. The first-order chi connectivity index (χ1) is 11.6. The third-order valence-corrected chi connectivity index (χ3v) is 5.69. The average molecular weight is 346 g/mol. The van der Waals surface area contributed by atoms with Crippen molar-refractivity contribution in [3.63, 3.8) is 0 Å². The molecule has 0 bridgehead atoms. The smallest absolute Gasteiger partial charge is 0.152 e. The second-order valence-corrected chi connectivity index (χ2v) is 8.24. The second kappa shape index (κ2) is 7.72. The molecule has 1 saturated heterocycles. The lowest BCUT2D eigenvalue weighted by atomic mass is 10.1. The van der Waals surface area contributed by atoms with E-state index in [9.17, 15) is 8.42 Å². The maximum Gasteiger partial charge on any atom is 0.152 e. The predicted octanol–water partition coefficient (Wildman–Crippen LogP) is 1.21. The van der Waals surface area contributed by atoms with Crippen LogP contribution in [0.25, 0.3) is 0 Å². The van der Waals surface area contributed by atoms with Gasteiger partial charge in [-0.25, -0.2) is 18.4 Å². The molecule has 0 amide bonds. The van der Waals surface area contributed by atoms with Crippen molar-refractivity contribution >= 4 is 15.7 Å². The van der Waals surface area contributed by atoms with Gasteiger partial charge in [0.05, 0.1) is 11.5 Å². The fraction of sp³-hybridized carbons (Fsp3) is 0.412. The Balaban J connectivity index is 1.48. The van der Waals surface area contributed by atoms with Crippen LogP contribution < -0.4 is 5.32 Å². The Bertz CT molecular complexity index is 751. The summed E-state index contributed by atoms with van der Waals surface area (Å²) in [6, 6.07) is 12.0. The molecule has 7 heteroatoms. The number of anilines is 1. The largest absolute Gasteiger partial charge is 0.369 e. The first kappa shape index (κ1) is 16.9. The van der Waals surface area contributed by atoms with Gasteiger partial charge >= 0.3 is 0 Å². The molecule has 0 radical (unpaired) electrons. The maximum absolute atomic E-state index is 11.4. The highest BCUT2D eigenvalue weighted by atomic mass is 32.2. The zero-order valence-electron chi connectivity index (χ0n) is 13.6. The lowest BCUT2D eigenvalue weighted by Gasteiger charge is -2.26. The number of benzene rings is 1. The molecule has 1 N–H and O–H groups in total. The number of aromatic nitrogens is 2. The van der Waals surface area contributed by atoms with E-state index in [1.54, 1.807) is 6.20 Å². The minimum atomic E-state index is -2.81. The molecule has 1 aromatic heterocycles. The van der Waals surface area contributed by atoms with E-state index in [1.165, 1.54) is 5.56 Å². The zero-order chi connectivity index (χ0) is 16.8. The summed E-state index contributed by atoms with van der Waals surface area (Å²) in [6.45, 7) is 2.79. The third kappa shape index (κ3) is 5.01. The molecule has 0 spiro atoms. The molecule has 24 heavy (non-hydrogen) atoms. The summed E-state index contributed by atoms with van der Waals surface area (Å²) in [6.07, 6.45) is 2.47. The van der Waals surface area contributed by atoms with E-state index in [2.05, 4.69) is 32.3 Å². The third-order valence-electron chi connectivity index (χ3n) is 4.08. The zero-order valence-corrected chi connectivity index (χ0v) is 14.4. The molecule has 3 rings (SSSR count). The van der Waals surface area contributed by atoms with Crippen LogP contribution in [0.3, 0.4) is 0 Å². The molecule has 2 aromatic rings. The molecule has 0 aliphatic carbocycles. The number of nitrogens with zero attached hydrogens (tertiary/aromatic N) is 3. The first-order valence-corrected chi connectivity index (χ1v) is 9.95. The van der Waals surface area contributed by atoms with Gasteiger partial charge in [0, 0.05) is 38.8 Å². The summed E-state index contributed by atoms with van der Waals surface area (Å²) < 4.78 is 22.8. The van der Waals surface area contributed by atoms with Crippen molar-refractivity contribution in [3.8, 4) is 0 Å². The molecule has 2 heterocycles. The van der Waals surface area contributed by atoms with Crippen LogP contribution in [-0.2, 0) is 16.3 Å². The summed E-state index contributed by atoms with van der Waals surface area (Å²) in [5.74, 6) is 2.12. The van der Waals surface area contributed by atoms with Crippen molar-refractivity contribution < 1.29 is 8.42 Å². The van der Waals surface area contributed by atoms with E-state index in [0.29, 0.717) is 19.5 Å². The standard InChI is InChI=1S/C17H22N4O2S/c22-24(23)12-10-21(11-13-24)9-8-19-16-6-7-18-17(20-16)14-15-4-2-1-3-5-15/h1-7H,8-14H2,(H,18,19,20). The van der Waals surface area contributed by atoms with Crippen LogP contribution in [0.4, 0.5) is 5.82 Å². The van der Waals surface area contributed by atoms with Gasteiger partial charge < -0.3 is 5.32 Å². The van der Waals surface area contributed by atoms with E-state index in [0.717, 1.165) is 24.7 Å². The van der Waals surface area contributed by atoms with Crippen molar-refractivity contribution in [1.29, 1.82) is 0 Å². The Kier molecular flexibility index (Phi) is 5.42. The Hall–Kier alpha value is -1.99. The minimum Gasteiger partial charge on any atom is -0.369 e. The number of sulfone groups is 1. The van der Waals surface area contributed by atoms with Gasteiger partial charge in [-0.2, -0.15) is 0 Å². The van der Waals surface area contributed by atoms with Gasteiger partial charge in [0.25, 0.3) is 0 Å². The van der Waals surface area contributed by atoms with Crippen LogP contribution in [-0.4, -0.2) is 61.0 Å².